The van der Waals surface area contributed by atoms with Crippen molar-refractivity contribution in [3.05, 3.63) is 29.8 Å². The molecule has 1 aromatic carbocycles. The van der Waals surface area contributed by atoms with Crippen LogP contribution in [0.5, 0.6) is 0 Å². The largest absolute Gasteiger partial charge is 0.389 e. The quantitative estimate of drug-likeness (QED) is 0.798. The maximum absolute atomic E-state index is 5.82. The van der Waals surface area contributed by atoms with Gasteiger partial charge in [-0.25, -0.2) is 0 Å². The molecule has 0 aliphatic heterocycles. The molecule has 0 aliphatic carbocycles. The van der Waals surface area contributed by atoms with Crippen LogP contribution >= 0.6 is 12.2 Å². The summed E-state index contributed by atoms with van der Waals surface area (Å²) in [5.41, 5.74) is 7.96. The van der Waals surface area contributed by atoms with Crippen LogP contribution in [0, 0.1) is 11.8 Å². The van der Waals surface area contributed by atoms with E-state index in [1.54, 1.807) is 0 Å². The Morgan fingerprint density at radius 2 is 1.61 bits per heavy atom. The summed E-state index contributed by atoms with van der Waals surface area (Å²) in [5.74, 6) is 1.23. The Hall–Kier alpha value is -1.09. The average Bonchev–Trinajstić information content (AvgIpc) is 2.26. The lowest BCUT2D eigenvalue weighted by Crippen LogP contribution is -2.33. The molecule has 0 saturated carbocycles. The molecular weight excluding hydrogens is 240 g/mol. The lowest BCUT2D eigenvalue weighted by atomic mass is 10.1. The fourth-order valence-electron chi connectivity index (χ4n) is 2.11. The lowest BCUT2D eigenvalue weighted by molar-refractivity contribution is 0.552. The molecule has 0 unspecified atom stereocenters. The van der Waals surface area contributed by atoms with Gasteiger partial charge in [0.05, 0.1) is 0 Å². The van der Waals surface area contributed by atoms with Gasteiger partial charge in [-0.15, -0.1) is 0 Å². The molecule has 0 heterocycles. The van der Waals surface area contributed by atoms with Gasteiger partial charge in [-0.2, -0.15) is 0 Å². The van der Waals surface area contributed by atoms with Crippen molar-refractivity contribution >= 4 is 22.9 Å². The second-order valence-corrected chi connectivity index (χ2v) is 6.01. The van der Waals surface area contributed by atoms with Crippen molar-refractivity contribution in [1.29, 1.82) is 0 Å². The molecule has 0 saturated heterocycles. The first-order valence-electron chi connectivity index (χ1n) is 6.55. The summed E-state index contributed by atoms with van der Waals surface area (Å²) in [6, 6.07) is 8.15. The van der Waals surface area contributed by atoms with E-state index in [4.69, 9.17) is 18.0 Å². The molecule has 0 atom stereocenters. The van der Waals surface area contributed by atoms with Gasteiger partial charge in [-0.3, -0.25) is 0 Å². The Kier molecular flexibility index (Phi) is 5.60. The van der Waals surface area contributed by atoms with Gasteiger partial charge >= 0.3 is 0 Å². The maximum atomic E-state index is 5.82. The number of anilines is 1. The van der Waals surface area contributed by atoms with Gasteiger partial charge in [-0.1, -0.05) is 52.0 Å². The van der Waals surface area contributed by atoms with E-state index in [0.717, 1.165) is 24.3 Å². The van der Waals surface area contributed by atoms with E-state index in [9.17, 15) is 0 Å². The Bertz CT molecular complexity index is 389. The van der Waals surface area contributed by atoms with Crippen LogP contribution in [-0.4, -0.2) is 18.1 Å². The van der Waals surface area contributed by atoms with Gasteiger partial charge in [0.1, 0.15) is 4.99 Å². The van der Waals surface area contributed by atoms with Crippen molar-refractivity contribution < 1.29 is 0 Å². The normalized spacial score (nSPS) is 11.0. The number of nitrogens with zero attached hydrogens (tertiary/aromatic N) is 1. The van der Waals surface area contributed by atoms with E-state index in [-0.39, 0.29) is 0 Å². The molecule has 18 heavy (non-hydrogen) atoms. The molecule has 3 heteroatoms. The predicted octanol–water partition coefficient (Wildman–Crippen LogP) is 3.44. The van der Waals surface area contributed by atoms with E-state index in [1.165, 1.54) is 0 Å². The first-order chi connectivity index (χ1) is 8.41. The van der Waals surface area contributed by atoms with Crippen molar-refractivity contribution in [3.63, 3.8) is 0 Å². The predicted molar refractivity (Wildman–Crippen MR) is 84.2 cm³/mol. The standard InChI is InChI=1S/C15H24N2S/c1-11(2)9-17(10-12(3)4)14-8-6-5-7-13(14)15(16)18/h5-8,11-12H,9-10H2,1-4H3,(H2,16,18). The number of rotatable bonds is 6. The van der Waals surface area contributed by atoms with Crippen molar-refractivity contribution in [2.24, 2.45) is 17.6 Å². The number of hydrogen-bond acceptors (Lipinski definition) is 2. The number of benzene rings is 1. The van der Waals surface area contributed by atoms with E-state index in [1.807, 2.05) is 18.2 Å². The molecule has 0 aliphatic rings. The molecule has 100 valence electrons. The molecule has 0 amide bonds. The zero-order valence-corrected chi connectivity index (χ0v) is 12.6. The van der Waals surface area contributed by atoms with Gasteiger partial charge in [0, 0.05) is 24.3 Å². The molecule has 0 radical (unpaired) electrons. The number of nitrogens with two attached hydrogens (primary N) is 1. The van der Waals surface area contributed by atoms with Gasteiger partial charge in [0.2, 0.25) is 0 Å². The summed E-state index contributed by atoms with van der Waals surface area (Å²) >= 11 is 5.15. The number of hydrogen-bond donors (Lipinski definition) is 1. The second-order valence-electron chi connectivity index (χ2n) is 5.57. The Balaban J connectivity index is 3.07. The molecule has 0 spiro atoms. The summed E-state index contributed by atoms with van der Waals surface area (Å²) < 4.78 is 0. The minimum atomic E-state index is 0.475. The van der Waals surface area contributed by atoms with Crippen LogP contribution in [-0.2, 0) is 0 Å². The lowest BCUT2D eigenvalue weighted by Gasteiger charge is -2.30. The summed E-state index contributed by atoms with van der Waals surface area (Å²) in [5, 5.41) is 0. The van der Waals surface area contributed by atoms with Crippen LogP contribution in [0.25, 0.3) is 0 Å². The van der Waals surface area contributed by atoms with Crippen LogP contribution in [0.2, 0.25) is 0 Å². The highest BCUT2D eigenvalue weighted by Gasteiger charge is 2.14. The van der Waals surface area contributed by atoms with Gasteiger partial charge in [0.15, 0.2) is 0 Å². The smallest absolute Gasteiger partial charge is 0.106 e. The van der Waals surface area contributed by atoms with Crippen molar-refractivity contribution in [3.8, 4) is 0 Å². The zero-order chi connectivity index (χ0) is 13.7. The Morgan fingerprint density at radius 1 is 1.11 bits per heavy atom. The van der Waals surface area contributed by atoms with Crippen molar-refractivity contribution in [2.75, 3.05) is 18.0 Å². The number of para-hydroxylation sites is 1. The monoisotopic (exact) mass is 264 g/mol. The van der Waals surface area contributed by atoms with Crippen molar-refractivity contribution in [2.45, 2.75) is 27.7 Å². The molecule has 2 nitrogen and oxygen atoms in total. The van der Waals surface area contributed by atoms with Crippen LogP contribution in [0.4, 0.5) is 5.69 Å². The Labute approximate surface area is 116 Å². The second kappa shape index (κ2) is 6.74. The maximum Gasteiger partial charge on any atom is 0.106 e. The first-order valence-corrected chi connectivity index (χ1v) is 6.96. The third-order valence-electron chi connectivity index (χ3n) is 2.68. The Morgan fingerprint density at radius 3 is 2.06 bits per heavy atom. The van der Waals surface area contributed by atoms with Crippen LogP contribution in [0.1, 0.15) is 33.3 Å². The van der Waals surface area contributed by atoms with E-state index < -0.39 is 0 Å². The minimum absolute atomic E-state index is 0.475. The molecular formula is C15H24N2S. The third-order valence-corrected chi connectivity index (χ3v) is 2.90. The van der Waals surface area contributed by atoms with Gasteiger partial charge < -0.3 is 10.6 Å². The molecule has 2 N–H and O–H groups in total. The topological polar surface area (TPSA) is 29.3 Å². The van der Waals surface area contributed by atoms with Crippen molar-refractivity contribution in [1.82, 2.24) is 0 Å². The summed E-state index contributed by atoms with van der Waals surface area (Å²) in [6.45, 7) is 11.0. The van der Waals surface area contributed by atoms with Crippen LogP contribution in [0.3, 0.4) is 0 Å². The molecule has 0 aromatic heterocycles. The minimum Gasteiger partial charge on any atom is -0.389 e. The van der Waals surface area contributed by atoms with E-state index in [2.05, 4.69) is 38.7 Å². The molecule has 1 aromatic rings. The highest BCUT2D eigenvalue weighted by molar-refractivity contribution is 7.80. The van der Waals surface area contributed by atoms with E-state index in [0.29, 0.717) is 16.8 Å². The number of thiocarbonyl (C=S) groups is 1. The van der Waals surface area contributed by atoms with Gasteiger partial charge in [-0.05, 0) is 24.0 Å². The fraction of sp³-hybridized carbons (Fsp3) is 0.533. The summed E-state index contributed by atoms with van der Waals surface area (Å²) in [7, 11) is 0. The molecule has 0 fully saturated rings. The molecule has 0 bridgehead atoms. The SMILES string of the molecule is CC(C)CN(CC(C)C)c1ccccc1C(N)=S. The highest BCUT2D eigenvalue weighted by Crippen LogP contribution is 2.22. The van der Waals surface area contributed by atoms with Crippen LogP contribution < -0.4 is 10.6 Å². The van der Waals surface area contributed by atoms with Crippen LogP contribution in [0.15, 0.2) is 24.3 Å². The summed E-state index contributed by atoms with van der Waals surface area (Å²) in [4.78, 5) is 2.87. The zero-order valence-electron chi connectivity index (χ0n) is 11.8. The first kappa shape index (κ1) is 15.0. The third kappa shape index (κ3) is 4.30. The summed E-state index contributed by atoms with van der Waals surface area (Å²) in [6.07, 6.45) is 0. The van der Waals surface area contributed by atoms with E-state index >= 15 is 0 Å². The van der Waals surface area contributed by atoms with Gasteiger partial charge in [0.25, 0.3) is 0 Å². The fourth-order valence-corrected chi connectivity index (χ4v) is 2.28. The highest BCUT2D eigenvalue weighted by atomic mass is 32.1. The molecule has 1 rings (SSSR count). The average molecular weight is 264 g/mol.